The second-order valence-corrected chi connectivity index (χ2v) is 4.21. The molecular weight excluding hydrogens is 170 g/mol. The van der Waals surface area contributed by atoms with Crippen LogP contribution in [0.25, 0.3) is 0 Å². The SMILES string of the molecule is CC[C@@H]1NCC[C@H]1Cc1ccccc1. The minimum atomic E-state index is 0.746. The van der Waals surface area contributed by atoms with E-state index in [9.17, 15) is 0 Å². The van der Waals surface area contributed by atoms with Gasteiger partial charge in [0.2, 0.25) is 0 Å². The molecule has 1 heteroatoms. The Morgan fingerprint density at radius 2 is 2.07 bits per heavy atom. The van der Waals surface area contributed by atoms with Crippen molar-refractivity contribution < 1.29 is 0 Å². The number of nitrogens with one attached hydrogen (secondary N) is 1. The first-order valence-corrected chi connectivity index (χ1v) is 5.67. The van der Waals surface area contributed by atoms with Gasteiger partial charge >= 0.3 is 0 Å². The third-order valence-corrected chi connectivity index (χ3v) is 3.27. The van der Waals surface area contributed by atoms with E-state index in [0.29, 0.717) is 0 Å². The van der Waals surface area contributed by atoms with E-state index in [4.69, 9.17) is 0 Å². The molecule has 2 rings (SSSR count). The highest BCUT2D eigenvalue weighted by Gasteiger charge is 2.24. The molecule has 14 heavy (non-hydrogen) atoms. The molecule has 76 valence electrons. The van der Waals surface area contributed by atoms with Crippen molar-refractivity contribution in [2.24, 2.45) is 5.92 Å². The van der Waals surface area contributed by atoms with E-state index in [1.165, 1.54) is 31.4 Å². The van der Waals surface area contributed by atoms with E-state index in [2.05, 4.69) is 42.6 Å². The predicted octanol–water partition coefficient (Wildman–Crippen LogP) is 2.62. The highest BCUT2D eigenvalue weighted by molar-refractivity contribution is 5.16. The van der Waals surface area contributed by atoms with E-state index in [1.807, 2.05) is 0 Å². The van der Waals surface area contributed by atoms with Crippen molar-refractivity contribution in [1.82, 2.24) is 5.32 Å². The molecule has 0 aromatic heterocycles. The number of hydrogen-bond donors (Lipinski definition) is 1. The Hall–Kier alpha value is -0.820. The van der Waals surface area contributed by atoms with Crippen molar-refractivity contribution in [3.05, 3.63) is 35.9 Å². The molecule has 0 bridgehead atoms. The molecule has 2 atom stereocenters. The van der Waals surface area contributed by atoms with Crippen LogP contribution in [0, 0.1) is 5.92 Å². The third-order valence-electron chi connectivity index (χ3n) is 3.27. The molecule has 1 aliphatic heterocycles. The standard InChI is InChI=1S/C13H19N/c1-2-13-12(8-9-14-13)10-11-6-4-3-5-7-11/h3-7,12-14H,2,8-10H2,1H3/t12-,13-/m0/s1. The lowest BCUT2D eigenvalue weighted by Gasteiger charge is -2.17. The first-order valence-electron chi connectivity index (χ1n) is 5.67. The van der Waals surface area contributed by atoms with Crippen LogP contribution in [-0.2, 0) is 6.42 Å². The van der Waals surface area contributed by atoms with Crippen molar-refractivity contribution in [2.75, 3.05) is 6.54 Å². The average Bonchev–Trinajstić information content (AvgIpc) is 2.67. The fraction of sp³-hybridized carbons (Fsp3) is 0.538. The molecule has 1 aromatic carbocycles. The first-order chi connectivity index (χ1) is 6.90. The molecule has 0 radical (unpaired) electrons. The van der Waals surface area contributed by atoms with Crippen LogP contribution in [0.3, 0.4) is 0 Å². The van der Waals surface area contributed by atoms with Crippen LogP contribution >= 0.6 is 0 Å². The Labute approximate surface area is 86.5 Å². The molecule has 1 N–H and O–H groups in total. The molecule has 0 saturated carbocycles. The zero-order chi connectivity index (χ0) is 9.80. The lowest BCUT2D eigenvalue weighted by atomic mass is 9.91. The van der Waals surface area contributed by atoms with Gasteiger partial charge in [-0.1, -0.05) is 37.3 Å². The summed E-state index contributed by atoms with van der Waals surface area (Å²) in [5, 5.41) is 3.58. The quantitative estimate of drug-likeness (QED) is 0.770. The highest BCUT2D eigenvalue weighted by atomic mass is 14.9. The predicted molar refractivity (Wildman–Crippen MR) is 60.3 cm³/mol. The van der Waals surface area contributed by atoms with E-state index in [1.54, 1.807) is 0 Å². The van der Waals surface area contributed by atoms with Gasteiger partial charge in [0.05, 0.1) is 0 Å². The van der Waals surface area contributed by atoms with Gasteiger partial charge in [0.1, 0.15) is 0 Å². The van der Waals surface area contributed by atoms with Gasteiger partial charge < -0.3 is 5.32 Å². The second kappa shape index (κ2) is 4.61. The summed E-state index contributed by atoms with van der Waals surface area (Å²) in [6.45, 7) is 3.48. The monoisotopic (exact) mass is 189 g/mol. The topological polar surface area (TPSA) is 12.0 Å². The normalized spacial score (nSPS) is 26.6. The third kappa shape index (κ3) is 2.16. The Morgan fingerprint density at radius 3 is 2.79 bits per heavy atom. The molecule has 1 saturated heterocycles. The summed E-state index contributed by atoms with van der Waals surface area (Å²) < 4.78 is 0. The average molecular weight is 189 g/mol. The van der Waals surface area contributed by atoms with Crippen molar-refractivity contribution in [1.29, 1.82) is 0 Å². The van der Waals surface area contributed by atoms with E-state index >= 15 is 0 Å². The Bertz CT molecular complexity index is 268. The molecule has 0 amide bonds. The molecule has 0 aliphatic carbocycles. The van der Waals surface area contributed by atoms with Crippen LogP contribution in [0.2, 0.25) is 0 Å². The van der Waals surface area contributed by atoms with Gasteiger partial charge in [-0.05, 0) is 37.3 Å². The van der Waals surface area contributed by atoms with Crippen molar-refractivity contribution in [2.45, 2.75) is 32.2 Å². The van der Waals surface area contributed by atoms with Gasteiger partial charge in [0, 0.05) is 6.04 Å². The van der Waals surface area contributed by atoms with Crippen LogP contribution in [-0.4, -0.2) is 12.6 Å². The van der Waals surface area contributed by atoms with Gasteiger partial charge in [-0.3, -0.25) is 0 Å². The lowest BCUT2D eigenvalue weighted by molar-refractivity contribution is 0.434. The van der Waals surface area contributed by atoms with Crippen LogP contribution < -0.4 is 5.32 Å². The molecule has 0 spiro atoms. The van der Waals surface area contributed by atoms with Crippen LogP contribution in [0.5, 0.6) is 0 Å². The highest BCUT2D eigenvalue weighted by Crippen LogP contribution is 2.22. The number of rotatable bonds is 3. The summed E-state index contributed by atoms with van der Waals surface area (Å²) in [5.41, 5.74) is 1.49. The summed E-state index contributed by atoms with van der Waals surface area (Å²) in [6, 6.07) is 11.6. The van der Waals surface area contributed by atoms with Crippen LogP contribution in [0.4, 0.5) is 0 Å². The number of benzene rings is 1. The minimum absolute atomic E-state index is 0.746. The van der Waals surface area contributed by atoms with E-state index < -0.39 is 0 Å². The summed E-state index contributed by atoms with van der Waals surface area (Å²) in [5.74, 6) is 0.849. The maximum absolute atomic E-state index is 3.58. The van der Waals surface area contributed by atoms with Gasteiger partial charge in [-0.15, -0.1) is 0 Å². The van der Waals surface area contributed by atoms with Gasteiger partial charge in [0.25, 0.3) is 0 Å². The fourth-order valence-corrected chi connectivity index (χ4v) is 2.46. The smallest absolute Gasteiger partial charge is 0.00963 e. The Kier molecular flexibility index (Phi) is 3.20. The minimum Gasteiger partial charge on any atom is -0.314 e. The summed E-state index contributed by atoms with van der Waals surface area (Å²) in [4.78, 5) is 0. The van der Waals surface area contributed by atoms with Crippen LogP contribution in [0.1, 0.15) is 25.3 Å². The first kappa shape index (κ1) is 9.72. The maximum atomic E-state index is 3.58. The summed E-state index contributed by atoms with van der Waals surface area (Å²) in [6.07, 6.45) is 3.84. The van der Waals surface area contributed by atoms with E-state index in [0.717, 1.165) is 12.0 Å². The fourth-order valence-electron chi connectivity index (χ4n) is 2.46. The largest absolute Gasteiger partial charge is 0.314 e. The van der Waals surface area contributed by atoms with Gasteiger partial charge in [-0.25, -0.2) is 0 Å². The molecule has 1 fully saturated rings. The van der Waals surface area contributed by atoms with E-state index in [-0.39, 0.29) is 0 Å². The number of hydrogen-bond acceptors (Lipinski definition) is 1. The lowest BCUT2D eigenvalue weighted by Crippen LogP contribution is -2.26. The summed E-state index contributed by atoms with van der Waals surface area (Å²) >= 11 is 0. The maximum Gasteiger partial charge on any atom is 0.00963 e. The van der Waals surface area contributed by atoms with Crippen molar-refractivity contribution in [3.63, 3.8) is 0 Å². The van der Waals surface area contributed by atoms with Gasteiger partial charge in [-0.2, -0.15) is 0 Å². The van der Waals surface area contributed by atoms with Gasteiger partial charge in [0.15, 0.2) is 0 Å². The molecule has 1 nitrogen and oxygen atoms in total. The molecule has 1 aliphatic rings. The van der Waals surface area contributed by atoms with Crippen molar-refractivity contribution in [3.8, 4) is 0 Å². The molecular formula is C13H19N. The zero-order valence-corrected chi connectivity index (χ0v) is 8.87. The molecule has 0 unspecified atom stereocenters. The Morgan fingerprint density at radius 1 is 1.29 bits per heavy atom. The summed E-state index contributed by atoms with van der Waals surface area (Å²) in [7, 11) is 0. The second-order valence-electron chi connectivity index (χ2n) is 4.21. The van der Waals surface area contributed by atoms with Crippen LogP contribution in [0.15, 0.2) is 30.3 Å². The van der Waals surface area contributed by atoms with Crippen molar-refractivity contribution >= 4 is 0 Å². The zero-order valence-electron chi connectivity index (χ0n) is 8.87. The molecule has 1 heterocycles. The Balaban J connectivity index is 1.97. The molecule has 1 aromatic rings.